The van der Waals surface area contributed by atoms with Crippen LogP contribution in [-0.2, 0) is 0 Å². The van der Waals surface area contributed by atoms with Gasteiger partial charge in [-0.25, -0.2) is 10.2 Å². The van der Waals surface area contributed by atoms with Crippen molar-refractivity contribution in [2.75, 3.05) is 0 Å². The van der Waals surface area contributed by atoms with Gasteiger partial charge in [-0.05, 0) is 60.7 Å². The van der Waals surface area contributed by atoms with Crippen molar-refractivity contribution in [1.29, 1.82) is 0 Å². The van der Waals surface area contributed by atoms with Gasteiger partial charge in [0.2, 0.25) is 0 Å². The molecule has 188 valence electrons. The number of aromatic amines is 1. The number of rotatable bonds is 6. The standard InChI is InChI=1S/C29H18Br2ClN3O3/c30-19-11-9-17(10-12-19)29(37)38-25-8-4-1-5-18(25)16-33-35-28(36)27-26(21-6-2-3-7-23(21)32)22-15-20(31)13-14-24(22)34-27/h1-16,34H,(H,35,36). The molecule has 9 heteroatoms. The largest absolute Gasteiger partial charge is 0.422 e. The van der Waals surface area contributed by atoms with Gasteiger partial charge >= 0.3 is 5.97 Å². The van der Waals surface area contributed by atoms with Crippen LogP contribution in [0.15, 0.2) is 105 Å². The first-order valence-electron chi connectivity index (χ1n) is 11.4. The Balaban J connectivity index is 1.40. The van der Waals surface area contributed by atoms with Crippen molar-refractivity contribution in [3.05, 3.63) is 122 Å². The van der Waals surface area contributed by atoms with E-state index in [4.69, 9.17) is 16.3 Å². The molecule has 0 saturated heterocycles. The Morgan fingerprint density at radius 3 is 2.39 bits per heavy atom. The molecule has 0 fully saturated rings. The number of nitrogens with one attached hydrogen (secondary N) is 2. The number of hydrogen-bond donors (Lipinski definition) is 2. The van der Waals surface area contributed by atoms with Crippen molar-refractivity contribution in [3.63, 3.8) is 0 Å². The summed E-state index contributed by atoms with van der Waals surface area (Å²) in [5.41, 5.74) is 5.98. The molecule has 0 spiro atoms. The highest BCUT2D eigenvalue weighted by Crippen LogP contribution is 2.37. The van der Waals surface area contributed by atoms with Crippen LogP contribution in [0.3, 0.4) is 0 Å². The molecule has 5 aromatic rings. The third kappa shape index (κ3) is 5.57. The fraction of sp³-hybridized carbons (Fsp3) is 0. The summed E-state index contributed by atoms with van der Waals surface area (Å²) >= 11 is 13.4. The number of ether oxygens (including phenoxy) is 1. The van der Waals surface area contributed by atoms with Gasteiger partial charge in [-0.2, -0.15) is 5.10 Å². The van der Waals surface area contributed by atoms with Gasteiger partial charge in [0, 0.05) is 41.6 Å². The Morgan fingerprint density at radius 2 is 1.61 bits per heavy atom. The second-order valence-corrected chi connectivity index (χ2v) is 10.4. The second kappa shape index (κ2) is 11.3. The van der Waals surface area contributed by atoms with Crippen molar-refractivity contribution >= 4 is 72.5 Å². The van der Waals surface area contributed by atoms with Crippen LogP contribution < -0.4 is 10.2 Å². The lowest BCUT2D eigenvalue weighted by Gasteiger charge is -2.08. The smallest absolute Gasteiger partial charge is 0.343 e. The molecule has 0 unspecified atom stereocenters. The van der Waals surface area contributed by atoms with Crippen molar-refractivity contribution < 1.29 is 14.3 Å². The van der Waals surface area contributed by atoms with Crippen molar-refractivity contribution in [2.24, 2.45) is 5.10 Å². The summed E-state index contributed by atoms with van der Waals surface area (Å²) in [6, 6.07) is 26.8. The maximum Gasteiger partial charge on any atom is 0.343 e. The van der Waals surface area contributed by atoms with E-state index in [1.807, 2.05) is 36.4 Å². The van der Waals surface area contributed by atoms with E-state index in [2.05, 4.69) is 47.4 Å². The van der Waals surface area contributed by atoms with Gasteiger partial charge in [0.15, 0.2) is 0 Å². The van der Waals surface area contributed by atoms with E-state index in [9.17, 15) is 9.59 Å². The van der Waals surface area contributed by atoms with Crippen molar-refractivity contribution in [1.82, 2.24) is 10.4 Å². The second-order valence-electron chi connectivity index (χ2n) is 8.18. The molecule has 0 aliphatic heterocycles. The number of esters is 1. The van der Waals surface area contributed by atoms with Gasteiger partial charge in [0.05, 0.1) is 11.8 Å². The number of nitrogens with zero attached hydrogens (tertiary/aromatic N) is 1. The number of amides is 1. The number of H-pyrrole nitrogens is 1. The number of fused-ring (bicyclic) bond motifs is 1. The molecule has 0 bridgehead atoms. The number of hydrazone groups is 1. The van der Waals surface area contributed by atoms with Crippen LogP contribution in [0.2, 0.25) is 5.02 Å². The Hall–Kier alpha value is -3.72. The molecular formula is C29H18Br2ClN3O3. The van der Waals surface area contributed by atoms with Crippen LogP contribution in [-0.4, -0.2) is 23.1 Å². The quantitative estimate of drug-likeness (QED) is 0.0845. The molecule has 5 rings (SSSR count). The lowest BCUT2D eigenvalue weighted by atomic mass is 10.0. The first kappa shape index (κ1) is 25.9. The van der Waals surface area contributed by atoms with Crippen LogP contribution in [0.1, 0.15) is 26.4 Å². The molecule has 1 heterocycles. The Bertz CT molecular complexity index is 1700. The fourth-order valence-corrected chi connectivity index (χ4v) is 4.78. The molecule has 1 amide bonds. The third-order valence-electron chi connectivity index (χ3n) is 5.70. The molecule has 2 N–H and O–H groups in total. The van der Waals surface area contributed by atoms with Crippen LogP contribution in [0.5, 0.6) is 5.75 Å². The maximum atomic E-state index is 13.3. The van der Waals surface area contributed by atoms with Crippen molar-refractivity contribution in [3.8, 4) is 16.9 Å². The average molecular weight is 652 g/mol. The van der Waals surface area contributed by atoms with E-state index in [1.165, 1.54) is 6.21 Å². The third-order valence-corrected chi connectivity index (χ3v) is 7.05. The summed E-state index contributed by atoms with van der Waals surface area (Å²) < 4.78 is 7.30. The molecule has 38 heavy (non-hydrogen) atoms. The zero-order valence-electron chi connectivity index (χ0n) is 19.5. The van der Waals surface area contributed by atoms with Crippen LogP contribution in [0, 0.1) is 0 Å². The van der Waals surface area contributed by atoms with E-state index in [1.54, 1.807) is 54.6 Å². The van der Waals surface area contributed by atoms with Crippen LogP contribution >= 0.6 is 43.5 Å². The number of aromatic nitrogens is 1. The minimum absolute atomic E-state index is 0.311. The number of benzene rings is 4. The topological polar surface area (TPSA) is 83.5 Å². The van der Waals surface area contributed by atoms with Crippen LogP contribution in [0.25, 0.3) is 22.0 Å². The van der Waals surface area contributed by atoms with E-state index in [0.717, 1.165) is 25.4 Å². The Morgan fingerprint density at radius 1 is 0.895 bits per heavy atom. The van der Waals surface area contributed by atoms with E-state index in [0.29, 0.717) is 33.2 Å². The zero-order chi connectivity index (χ0) is 26.6. The summed E-state index contributed by atoms with van der Waals surface area (Å²) in [4.78, 5) is 29.0. The summed E-state index contributed by atoms with van der Waals surface area (Å²) in [6.07, 6.45) is 1.43. The van der Waals surface area contributed by atoms with Gasteiger partial charge in [0.25, 0.3) is 5.91 Å². The van der Waals surface area contributed by atoms with Crippen molar-refractivity contribution in [2.45, 2.75) is 0 Å². The summed E-state index contributed by atoms with van der Waals surface area (Å²) in [5, 5.41) is 5.49. The maximum absolute atomic E-state index is 13.3. The zero-order valence-corrected chi connectivity index (χ0v) is 23.5. The fourth-order valence-electron chi connectivity index (χ4n) is 3.92. The first-order valence-corrected chi connectivity index (χ1v) is 13.3. The minimum atomic E-state index is -0.504. The molecule has 0 saturated carbocycles. The highest BCUT2D eigenvalue weighted by Gasteiger charge is 2.21. The number of carbonyl (C=O) groups excluding carboxylic acids is 2. The predicted molar refractivity (Wildman–Crippen MR) is 157 cm³/mol. The lowest BCUT2D eigenvalue weighted by molar-refractivity contribution is 0.0734. The SMILES string of the molecule is O=C(Oc1ccccc1C=NNC(=O)c1[nH]c2ccc(Br)cc2c1-c1ccccc1Cl)c1ccc(Br)cc1. The Kier molecular flexibility index (Phi) is 7.74. The molecule has 0 radical (unpaired) electrons. The predicted octanol–water partition coefficient (Wildman–Crippen LogP) is 8.00. The van der Waals surface area contributed by atoms with Gasteiger partial charge in [-0.15, -0.1) is 0 Å². The monoisotopic (exact) mass is 649 g/mol. The van der Waals surface area contributed by atoms with E-state index >= 15 is 0 Å². The summed E-state index contributed by atoms with van der Waals surface area (Å²) in [7, 11) is 0. The molecule has 0 aliphatic rings. The van der Waals surface area contributed by atoms with E-state index in [-0.39, 0.29) is 0 Å². The van der Waals surface area contributed by atoms with Gasteiger partial charge in [0.1, 0.15) is 11.4 Å². The molecule has 0 atom stereocenters. The molecule has 0 aliphatic carbocycles. The summed E-state index contributed by atoms with van der Waals surface area (Å²) in [6.45, 7) is 0. The molecule has 6 nitrogen and oxygen atoms in total. The number of halogens is 3. The lowest BCUT2D eigenvalue weighted by Crippen LogP contribution is -2.19. The van der Waals surface area contributed by atoms with Gasteiger partial charge in [-0.1, -0.05) is 73.8 Å². The first-order chi connectivity index (χ1) is 18.4. The minimum Gasteiger partial charge on any atom is -0.422 e. The molecular weight excluding hydrogens is 634 g/mol. The van der Waals surface area contributed by atoms with Crippen LogP contribution in [0.4, 0.5) is 0 Å². The van der Waals surface area contributed by atoms with E-state index < -0.39 is 11.9 Å². The number of hydrogen-bond acceptors (Lipinski definition) is 4. The number of carbonyl (C=O) groups is 2. The highest BCUT2D eigenvalue weighted by molar-refractivity contribution is 9.10. The van der Waals surface area contributed by atoms with Gasteiger partial charge in [-0.3, -0.25) is 4.79 Å². The van der Waals surface area contributed by atoms with Gasteiger partial charge < -0.3 is 9.72 Å². The Labute approximate surface area is 239 Å². The number of para-hydroxylation sites is 1. The molecule has 4 aromatic carbocycles. The average Bonchev–Trinajstić information content (AvgIpc) is 3.28. The highest BCUT2D eigenvalue weighted by atomic mass is 79.9. The molecule has 1 aromatic heterocycles. The normalized spacial score (nSPS) is 11.1. The summed E-state index contributed by atoms with van der Waals surface area (Å²) in [5.74, 6) is -0.644.